The molecule has 0 aliphatic heterocycles. The molecule has 3 rings (SSSR count). The lowest BCUT2D eigenvalue weighted by molar-refractivity contribution is 0.465. The maximum absolute atomic E-state index is 13.6. The Morgan fingerprint density at radius 1 is 1.24 bits per heavy atom. The van der Waals surface area contributed by atoms with E-state index >= 15 is 0 Å². The fourth-order valence-electron chi connectivity index (χ4n) is 3.26. The third kappa shape index (κ3) is 2.53. The van der Waals surface area contributed by atoms with Gasteiger partial charge in [-0.1, -0.05) is 13.0 Å². The van der Waals surface area contributed by atoms with Gasteiger partial charge in [0.25, 0.3) is 0 Å². The van der Waals surface area contributed by atoms with Crippen LogP contribution >= 0.6 is 15.9 Å². The van der Waals surface area contributed by atoms with Crippen molar-refractivity contribution < 1.29 is 9.50 Å². The minimum absolute atomic E-state index is 0.00970. The maximum Gasteiger partial charge on any atom is 0.139 e. The highest BCUT2D eigenvalue weighted by Gasteiger charge is 2.32. The largest absolute Gasteiger partial charge is 0.508 e. The van der Waals surface area contributed by atoms with Crippen LogP contribution < -0.4 is 5.32 Å². The summed E-state index contributed by atoms with van der Waals surface area (Å²) in [6.45, 7) is 4.23. The summed E-state index contributed by atoms with van der Waals surface area (Å²) in [6.07, 6.45) is 0.894. The predicted octanol–water partition coefficient (Wildman–Crippen LogP) is 5.26. The van der Waals surface area contributed by atoms with Crippen molar-refractivity contribution in [2.45, 2.75) is 32.2 Å². The van der Waals surface area contributed by atoms with E-state index in [1.807, 2.05) is 12.1 Å². The van der Waals surface area contributed by atoms with Crippen LogP contribution in [0.2, 0.25) is 0 Å². The second-order valence-electron chi connectivity index (χ2n) is 5.69. The Morgan fingerprint density at radius 2 is 2.00 bits per heavy atom. The Hall–Kier alpha value is -1.55. The first-order chi connectivity index (χ1) is 9.97. The lowest BCUT2D eigenvalue weighted by Gasteiger charge is -2.17. The Morgan fingerprint density at radius 3 is 2.71 bits per heavy atom. The van der Waals surface area contributed by atoms with Crippen molar-refractivity contribution in [2.24, 2.45) is 0 Å². The van der Waals surface area contributed by atoms with Gasteiger partial charge in [-0.15, -0.1) is 0 Å². The van der Waals surface area contributed by atoms with Crippen LogP contribution in [0.5, 0.6) is 5.75 Å². The molecule has 0 spiro atoms. The van der Waals surface area contributed by atoms with E-state index in [1.165, 1.54) is 17.2 Å². The van der Waals surface area contributed by atoms with Gasteiger partial charge in [-0.25, -0.2) is 4.39 Å². The molecule has 21 heavy (non-hydrogen) atoms. The second-order valence-corrected chi connectivity index (χ2v) is 6.55. The lowest BCUT2D eigenvalue weighted by atomic mass is 9.97. The maximum atomic E-state index is 13.6. The number of benzene rings is 2. The molecule has 0 radical (unpaired) electrons. The number of halogens is 2. The molecule has 2 unspecified atom stereocenters. The molecule has 110 valence electrons. The fourth-order valence-corrected chi connectivity index (χ4v) is 3.51. The highest BCUT2D eigenvalue weighted by Crippen LogP contribution is 2.47. The summed E-state index contributed by atoms with van der Waals surface area (Å²) in [5, 5.41) is 13.5. The van der Waals surface area contributed by atoms with Gasteiger partial charge in [-0.2, -0.15) is 0 Å². The number of phenolic OH excluding ortho intramolecular Hbond substituents is 1. The van der Waals surface area contributed by atoms with Crippen LogP contribution in [-0.2, 0) is 0 Å². The molecular weight excluding hydrogens is 333 g/mol. The van der Waals surface area contributed by atoms with Gasteiger partial charge < -0.3 is 10.4 Å². The van der Waals surface area contributed by atoms with Gasteiger partial charge in [0, 0.05) is 11.3 Å². The third-order valence-corrected chi connectivity index (χ3v) is 4.82. The fraction of sp³-hybridized carbons (Fsp3) is 0.294. The van der Waals surface area contributed by atoms with Crippen molar-refractivity contribution in [1.29, 1.82) is 0 Å². The first-order valence-corrected chi connectivity index (χ1v) is 7.80. The molecule has 1 aliphatic rings. The molecular formula is C17H17BrFNO. The average molecular weight is 350 g/mol. The first kappa shape index (κ1) is 14.4. The van der Waals surface area contributed by atoms with Crippen LogP contribution in [0.1, 0.15) is 42.0 Å². The Bertz CT molecular complexity index is 701. The third-order valence-electron chi connectivity index (χ3n) is 4.17. The van der Waals surface area contributed by atoms with E-state index in [4.69, 9.17) is 0 Å². The molecule has 0 fully saturated rings. The zero-order chi connectivity index (χ0) is 15.1. The summed E-state index contributed by atoms with van der Waals surface area (Å²) in [4.78, 5) is 0. The van der Waals surface area contributed by atoms with Crippen LogP contribution in [-0.4, -0.2) is 5.11 Å². The minimum Gasteiger partial charge on any atom is -0.508 e. The number of phenols is 1. The van der Waals surface area contributed by atoms with Gasteiger partial charge in [-0.3, -0.25) is 0 Å². The monoisotopic (exact) mass is 349 g/mol. The van der Waals surface area contributed by atoms with E-state index in [1.54, 1.807) is 12.1 Å². The van der Waals surface area contributed by atoms with E-state index in [0.717, 1.165) is 17.7 Å². The molecule has 2 aromatic rings. The summed E-state index contributed by atoms with van der Waals surface area (Å²) in [5.74, 6) is 0.402. The second kappa shape index (κ2) is 5.34. The van der Waals surface area contributed by atoms with Crippen LogP contribution in [0.15, 0.2) is 34.8 Å². The average Bonchev–Trinajstić information content (AvgIpc) is 2.76. The molecule has 4 heteroatoms. The lowest BCUT2D eigenvalue weighted by Crippen LogP contribution is -2.08. The molecule has 0 aromatic heterocycles. The quantitative estimate of drug-likeness (QED) is 0.774. The van der Waals surface area contributed by atoms with E-state index in [0.29, 0.717) is 16.1 Å². The number of hydrogen-bond donors (Lipinski definition) is 2. The van der Waals surface area contributed by atoms with Gasteiger partial charge >= 0.3 is 0 Å². The van der Waals surface area contributed by atoms with Crippen molar-refractivity contribution in [3.8, 4) is 5.75 Å². The molecule has 0 saturated heterocycles. The van der Waals surface area contributed by atoms with Gasteiger partial charge in [-0.05, 0) is 70.6 Å². The molecule has 0 heterocycles. The highest BCUT2D eigenvalue weighted by molar-refractivity contribution is 9.10. The van der Waals surface area contributed by atoms with E-state index < -0.39 is 0 Å². The summed E-state index contributed by atoms with van der Waals surface area (Å²) in [5.41, 5.74) is 4.08. The van der Waals surface area contributed by atoms with E-state index in [2.05, 4.69) is 35.1 Å². The number of anilines is 1. The van der Waals surface area contributed by atoms with E-state index in [9.17, 15) is 9.50 Å². The minimum atomic E-state index is -0.292. The molecule has 1 aliphatic carbocycles. The van der Waals surface area contributed by atoms with Crippen molar-refractivity contribution >= 4 is 21.6 Å². The topological polar surface area (TPSA) is 32.3 Å². The van der Waals surface area contributed by atoms with Crippen molar-refractivity contribution in [1.82, 2.24) is 0 Å². The van der Waals surface area contributed by atoms with Gasteiger partial charge in [0.1, 0.15) is 11.6 Å². The van der Waals surface area contributed by atoms with Crippen molar-refractivity contribution in [3.63, 3.8) is 0 Å². The zero-order valence-electron chi connectivity index (χ0n) is 12.0. The number of fused-ring (bicyclic) bond motifs is 1. The van der Waals surface area contributed by atoms with Crippen LogP contribution in [0.4, 0.5) is 10.1 Å². The smallest absolute Gasteiger partial charge is 0.139 e. The molecule has 2 atom stereocenters. The molecule has 0 amide bonds. The normalized spacial score (nSPS) is 20.4. The molecule has 0 bridgehead atoms. The van der Waals surface area contributed by atoms with Crippen LogP contribution in [0.3, 0.4) is 0 Å². The van der Waals surface area contributed by atoms with Crippen molar-refractivity contribution in [2.75, 3.05) is 5.32 Å². The Balaban J connectivity index is 1.96. The molecule has 2 nitrogen and oxygen atoms in total. The molecule has 0 saturated carbocycles. The van der Waals surface area contributed by atoms with Gasteiger partial charge in [0.15, 0.2) is 0 Å². The number of aromatic hydroxyl groups is 1. The van der Waals surface area contributed by atoms with Crippen LogP contribution in [0.25, 0.3) is 0 Å². The number of nitrogens with one attached hydrogen (secondary N) is 1. The SMILES string of the molecule is Cc1ccc(O)c2c1C(C)CC2Nc1ccc(Br)c(F)c1. The number of aryl methyl sites for hydroxylation is 1. The van der Waals surface area contributed by atoms with E-state index in [-0.39, 0.29) is 11.9 Å². The molecule has 2 N–H and O–H groups in total. The number of rotatable bonds is 2. The zero-order valence-corrected chi connectivity index (χ0v) is 13.5. The van der Waals surface area contributed by atoms with Gasteiger partial charge in [0.05, 0.1) is 10.5 Å². The Labute approximate surface area is 132 Å². The van der Waals surface area contributed by atoms with Crippen LogP contribution in [0, 0.1) is 12.7 Å². The summed E-state index contributed by atoms with van der Waals surface area (Å²) < 4.78 is 14.1. The summed E-state index contributed by atoms with van der Waals surface area (Å²) in [6, 6.07) is 8.69. The highest BCUT2D eigenvalue weighted by atomic mass is 79.9. The molecule has 2 aromatic carbocycles. The number of hydrogen-bond acceptors (Lipinski definition) is 2. The summed E-state index contributed by atoms with van der Waals surface area (Å²) in [7, 11) is 0. The van der Waals surface area contributed by atoms with Crippen molar-refractivity contribution in [3.05, 3.63) is 57.3 Å². The Kier molecular flexibility index (Phi) is 3.66. The summed E-state index contributed by atoms with van der Waals surface area (Å²) >= 11 is 3.16. The predicted molar refractivity (Wildman–Crippen MR) is 86.3 cm³/mol. The standard InChI is InChI=1S/C17H17BrFNO/c1-9-3-6-15(21)17-14(7-10(2)16(9)17)20-11-4-5-12(18)13(19)8-11/h3-6,8,10,14,20-21H,7H2,1-2H3. The van der Waals surface area contributed by atoms with Gasteiger partial charge in [0.2, 0.25) is 0 Å². The first-order valence-electron chi connectivity index (χ1n) is 7.01.